The Morgan fingerprint density at radius 3 is 3.09 bits per heavy atom. The Bertz CT molecular complexity index is 223. The van der Waals surface area contributed by atoms with Gasteiger partial charge in [-0.2, -0.15) is 0 Å². The number of hydrogen-bond donors (Lipinski definition) is 0. The van der Waals surface area contributed by atoms with E-state index in [0.717, 1.165) is 6.42 Å². The molecule has 0 aliphatic carbocycles. The maximum absolute atomic E-state index is 12.5. The Morgan fingerprint density at radius 2 is 2.45 bits per heavy atom. The molecule has 0 aliphatic rings. The van der Waals surface area contributed by atoms with Crippen molar-refractivity contribution in [2.75, 3.05) is 6.61 Å². The third kappa shape index (κ3) is 2.58. The minimum absolute atomic E-state index is 0.283. The largest absolute Gasteiger partial charge is 0.493 e. The van der Waals surface area contributed by atoms with Crippen molar-refractivity contribution in [1.82, 2.24) is 0 Å². The lowest BCUT2D eigenvalue weighted by Gasteiger charge is -2.02. The maximum atomic E-state index is 12.5. The number of halogens is 1. The predicted octanol–water partition coefficient (Wildman–Crippen LogP) is 2.41. The SMILES string of the molecule is CCCOc1[c]ccc(F)c1. The summed E-state index contributed by atoms with van der Waals surface area (Å²) in [7, 11) is 0. The van der Waals surface area contributed by atoms with Crippen LogP contribution < -0.4 is 4.74 Å². The molecule has 0 aromatic heterocycles. The van der Waals surface area contributed by atoms with Gasteiger partial charge in [-0.25, -0.2) is 4.39 Å². The lowest BCUT2D eigenvalue weighted by atomic mass is 10.3. The van der Waals surface area contributed by atoms with Crippen molar-refractivity contribution >= 4 is 0 Å². The topological polar surface area (TPSA) is 9.23 Å². The highest BCUT2D eigenvalue weighted by atomic mass is 19.1. The molecule has 0 heterocycles. The van der Waals surface area contributed by atoms with Crippen molar-refractivity contribution < 1.29 is 9.13 Å². The van der Waals surface area contributed by atoms with E-state index in [4.69, 9.17) is 4.74 Å². The Hall–Kier alpha value is -1.05. The molecule has 0 saturated carbocycles. The molecule has 0 N–H and O–H groups in total. The van der Waals surface area contributed by atoms with Crippen LogP contribution in [-0.4, -0.2) is 6.61 Å². The molecule has 0 bridgehead atoms. The van der Waals surface area contributed by atoms with Crippen LogP contribution in [0.3, 0.4) is 0 Å². The molecule has 1 nitrogen and oxygen atoms in total. The Kier molecular flexibility index (Phi) is 2.90. The van der Waals surface area contributed by atoms with Gasteiger partial charge in [0.25, 0.3) is 0 Å². The fraction of sp³-hybridized carbons (Fsp3) is 0.333. The zero-order chi connectivity index (χ0) is 8.10. The van der Waals surface area contributed by atoms with E-state index in [2.05, 4.69) is 6.07 Å². The van der Waals surface area contributed by atoms with Crippen molar-refractivity contribution in [3.63, 3.8) is 0 Å². The summed E-state index contributed by atoms with van der Waals surface area (Å²) in [6, 6.07) is 6.97. The molecule has 1 aromatic rings. The van der Waals surface area contributed by atoms with E-state index in [-0.39, 0.29) is 5.82 Å². The highest BCUT2D eigenvalue weighted by molar-refractivity contribution is 5.20. The molecule has 0 fully saturated rings. The summed E-state index contributed by atoms with van der Waals surface area (Å²) in [6.45, 7) is 2.61. The van der Waals surface area contributed by atoms with Gasteiger partial charge in [-0.15, -0.1) is 0 Å². The van der Waals surface area contributed by atoms with Crippen LogP contribution in [0.1, 0.15) is 13.3 Å². The normalized spacial score (nSPS) is 9.64. The molecule has 1 radical (unpaired) electrons. The second-order valence-electron chi connectivity index (χ2n) is 2.22. The highest BCUT2D eigenvalue weighted by Gasteiger charge is 1.93. The first-order valence-electron chi connectivity index (χ1n) is 3.63. The smallest absolute Gasteiger partial charge is 0.130 e. The van der Waals surface area contributed by atoms with Crippen molar-refractivity contribution in [2.24, 2.45) is 0 Å². The van der Waals surface area contributed by atoms with Gasteiger partial charge in [-0.1, -0.05) is 6.92 Å². The molecule has 0 spiro atoms. The second kappa shape index (κ2) is 3.96. The van der Waals surface area contributed by atoms with Crippen LogP contribution in [0.15, 0.2) is 18.2 Å². The van der Waals surface area contributed by atoms with Gasteiger partial charge < -0.3 is 4.74 Å². The van der Waals surface area contributed by atoms with Gasteiger partial charge in [0.1, 0.15) is 11.6 Å². The molecular formula is C9H10FO. The molecule has 0 saturated heterocycles. The van der Waals surface area contributed by atoms with E-state index in [0.29, 0.717) is 12.4 Å². The molecular weight excluding hydrogens is 143 g/mol. The summed E-state index contributed by atoms with van der Waals surface area (Å²) < 4.78 is 17.6. The van der Waals surface area contributed by atoms with Crippen LogP contribution in [0, 0.1) is 11.9 Å². The first-order valence-corrected chi connectivity index (χ1v) is 3.63. The summed E-state index contributed by atoms with van der Waals surface area (Å²) >= 11 is 0. The average Bonchev–Trinajstić information content (AvgIpc) is 2.01. The summed E-state index contributed by atoms with van der Waals surface area (Å²) in [5.41, 5.74) is 0. The molecule has 0 unspecified atom stereocenters. The standard InChI is InChI=1S/C9H10FO/c1-2-6-11-9-5-3-4-8(10)7-9/h3-4,7H,2,6H2,1H3. The number of benzene rings is 1. The van der Waals surface area contributed by atoms with E-state index < -0.39 is 0 Å². The van der Waals surface area contributed by atoms with Gasteiger partial charge in [-0.3, -0.25) is 0 Å². The van der Waals surface area contributed by atoms with E-state index in [1.54, 1.807) is 0 Å². The highest BCUT2D eigenvalue weighted by Crippen LogP contribution is 2.10. The van der Waals surface area contributed by atoms with E-state index in [1.165, 1.54) is 18.2 Å². The van der Waals surface area contributed by atoms with Crippen molar-refractivity contribution in [1.29, 1.82) is 0 Å². The molecule has 0 aliphatic heterocycles. The summed E-state index contributed by atoms with van der Waals surface area (Å²) in [5.74, 6) is 0.196. The van der Waals surface area contributed by atoms with Gasteiger partial charge in [0.05, 0.1) is 6.61 Å². The molecule has 2 heteroatoms. The predicted molar refractivity (Wildman–Crippen MR) is 41.0 cm³/mol. The third-order valence-corrected chi connectivity index (χ3v) is 1.20. The van der Waals surface area contributed by atoms with E-state index >= 15 is 0 Å². The van der Waals surface area contributed by atoms with Crippen LogP contribution >= 0.6 is 0 Å². The number of ether oxygens (including phenoxy) is 1. The van der Waals surface area contributed by atoms with Crippen molar-refractivity contribution in [2.45, 2.75) is 13.3 Å². The Morgan fingerprint density at radius 1 is 1.64 bits per heavy atom. The second-order valence-corrected chi connectivity index (χ2v) is 2.22. The van der Waals surface area contributed by atoms with Crippen LogP contribution in [-0.2, 0) is 0 Å². The molecule has 59 valence electrons. The maximum Gasteiger partial charge on any atom is 0.130 e. The summed E-state index contributed by atoms with van der Waals surface area (Å²) in [6.07, 6.45) is 0.921. The van der Waals surface area contributed by atoms with Crippen LogP contribution in [0.5, 0.6) is 5.75 Å². The van der Waals surface area contributed by atoms with E-state index in [1.807, 2.05) is 6.92 Å². The lowest BCUT2D eigenvalue weighted by molar-refractivity contribution is 0.315. The quantitative estimate of drug-likeness (QED) is 0.648. The van der Waals surface area contributed by atoms with E-state index in [9.17, 15) is 4.39 Å². The van der Waals surface area contributed by atoms with Gasteiger partial charge in [0.15, 0.2) is 0 Å². The monoisotopic (exact) mass is 153 g/mol. The zero-order valence-electron chi connectivity index (χ0n) is 6.43. The van der Waals surface area contributed by atoms with Gasteiger partial charge in [0, 0.05) is 12.1 Å². The fourth-order valence-electron chi connectivity index (χ4n) is 0.714. The molecule has 1 rings (SSSR count). The van der Waals surface area contributed by atoms with Crippen LogP contribution in [0.25, 0.3) is 0 Å². The molecule has 0 atom stereocenters. The first-order chi connectivity index (χ1) is 5.33. The Labute approximate surface area is 65.8 Å². The first kappa shape index (κ1) is 8.05. The number of hydrogen-bond acceptors (Lipinski definition) is 1. The van der Waals surface area contributed by atoms with Crippen LogP contribution in [0.4, 0.5) is 4.39 Å². The third-order valence-electron chi connectivity index (χ3n) is 1.20. The van der Waals surface area contributed by atoms with Gasteiger partial charge >= 0.3 is 0 Å². The molecule has 11 heavy (non-hydrogen) atoms. The minimum atomic E-state index is -0.283. The fourth-order valence-corrected chi connectivity index (χ4v) is 0.714. The Balaban J connectivity index is 2.56. The average molecular weight is 153 g/mol. The number of rotatable bonds is 3. The minimum Gasteiger partial charge on any atom is -0.493 e. The van der Waals surface area contributed by atoms with Crippen molar-refractivity contribution in [3.05, 3.63) is 30.1 Å². The summed E-state index contributed by atoms with van der Waals surface area (Å²) in [5, 5.41) is 0. The zero-order valence-corrected chi connectivity index (χ0v) is 6.43. The van der Waals surface area contributed by atoms with Crippen molar-refractivity contribution in [3.8, 4) is 5.75 Å². The van der Waals surface area contributed by atoms with Crippen LogP contribution in [0.2, 0.25) is 0 Å². The lowest BCUT2D eigenvalue weighted by Crippen LogP contribution is -1.94. The summed E-state index contributed by atoms with van der Waals surface area (Å²) in [4.78, 5) is 0. The van der Waals surface area contributed by atoms with Gasteiger partial charge in [-0.05, 0) is 18.6 Å². The van der Waals surface area contributed by atoms with Gasteiger partial charge in [0.2, 0.25) is 0 Å². The molecule has 1 aromatic carbocycles. The molecule has 0 amide bonds.